The molecule has 1 aromatic carbocycles. The zero-order valence-electron chi connectivity index (χ0n) is 14.6. The van der Waals surface area contributed by atoms with Gasteiger partial charge in [-0.25, -0.2) is 0 Å². The van der Waals surface area contributed by atoms with E-state index < -0.39 is 5.41 Å². The molecular weight excluding hydrogens is 302 g/mol. The normalized spacial score (nSPS) is 21.5. The van der Waals surface area contributed by atoms with Gasteiger partial charge in [-0.3, -0.25) is 9.59 Å². The van der Waals surface area contributed by atoms with Crippen molar-refractivity contribution in [3.8, 4) is 0 Å². The van der Waals surface area contributed by atoms with Gasteiger partial charge in [-0.05, 0) is 42.4 Å². The number of carbonyl (C=O) groups is 2. The fraction of sp³-hybridized carbons (Fsp3) is 0.500. The molecule has 24 heavy (non-hydrogen) atoms. The lowest BCUT2D eigenvalue weighted by molar-refractivity contribution is -0.313. The number of benzene rings is 1. The molecule has 0 N–H and O–H groups in total. The maximum Gasteiger partial charge on any atom is 0.227 e. The van der Waals surface area contributed by atoms with Gasteiger partial charge in [0.1, 0.15) is 0 Å². The summed E-state index contributed by atoms with van der Waals surface area (Å²) < 4.78 is 0. The topological polar surface area (TPSA) is 60.4 Å². The number of Topliss-reactive ketones (excluding diaryl/α,β-unsaturated/α-hetero) is 1. The van der Waals surface area contributed by atoms with Crippen LogP contribution in [0, 0.1) is 10.8 Å². The molecule has 0 unspecified atom stereocenters. The summed E-state index contributed by atoms with van der Waals surface area (Å²) in [7, 11) is 1.74. The molecule has 1 fully saturated rings. The van der Waals surface area contributed by atoms with E-state index in [9.17, 15) is 14.7 Å². The number of rotatable bonds is 4. The number of ketones is 1. The Bertz CT molecular complexity index is 699. The second kappa shape index (κ2) is 5.76. The lowest BCUT2D eigenvalue weighted by Gasteiger charge is -2.38. The third-order valence-electron chi connectivity index (χ3n) is 5.23. The summed E-state index contributed by atoms with van der Waals surface area (Å²) >= 11 is 0. The zero-order valence-corrected chi connectivity index (χ0v) is 14.6. The fourth-order valence-corrected chi connectivity index (χ4v) is 3.73. The Morgan fingerprint density at radius 1 is 1.17 bits per heavy atom. The summed E-state index contributed by atoms with van der Waals surface area (Å²) in [6, 6.07) is 9.43. The third-order valence-corrected chi connectivity index (χ3v) is 5.23. The van der Waals surface area contributed by atoms with Crippen molar-refractivity contribution in [2.24, 2.45) is 10.8 Å². The molecule has 4 heteroatoms. The Balaban J connectivity index is 1.80. The van der Waals surface area contributed by atoms with Crippen LogP contribution >= 0.6 is 0 Å². The number of carbonyl (C=O) groups excluding carboxylic acids is 2. The Hall–Kier alpha value is -2.10. The maximum absolute atomic E-state index is 12.7. The number of anilines is 1. The van der Waals surface area contributed by atoms with E-state index in [1.54, 1.807) is 11.9 Å². The van der Waals surface area contributed by atoms with E-state index >= 15 is 0 Å². The highest BCUT2D eigenvalue weighted by atomic mass is 16.3. The summed E-state index contributed by atoms with van der Waals surface area (Å²) in [5.41, 5.74) is 0.464. The van der Waals surface area contributed by atoms with Crippen LogP contribution in [0.4, 0.5) is 5.69 Å². The largest absolute Gasteiger partial charge is 0.875 e. The number of nitrogens with zero attached hydrogens (tertiary/aromatic N) is 1. The first-order valence-electron chi connectivity index (χ1n) is 8.50. The smallest absolute Gasteiger partial charge is 0.227 e. The van der Waals surface area contributed by atoms with Crippen molar-refractivity contribution in [1.29, 1.82) is 0 Å². The van der Waals surface area contributed by atoms with Crippen LogP contribution in [-0.2, 0) is 9.59 Å². The van der Waals surface area contributed by atoms with E-state index in [1.165, 1.54) is 0 Å². The highest BCUT2D eigenvalue weighted by molar-refractivity contribution is 6.01. The number of hydrogen-bond donors (Lipinski definition) is 0. The van der Waals surface area contributed by atoms with Crippen molar-refractivity contribution in [3.63, 3.8) is 0 Å². The summed E-state index contributed by atoms with van der Waals surface area (Å²) in [6.45, 7) is 3.90. The van der Waals surface area contributed by atoms with Crippen LogP contribution in [0.3, 0.4) is 0 Å². The maximum atomic E-state index is 12.7. The molecule has 0 aromatic heterocycles. The Kier molecular flexibility index (Phi) is 4.02. The van der Waals surface area contributed by atoms with Crippen LogP contribution in [0.1, 0.15) is 46.0 Å². The SMILES string of the molecule is CN(C(=O)CC1(C2=C([O-])CC(C)(C)CC2=O)CC1)c1ccccc1. The van der Waals surface area contributed by atoms with E-state index in [4.69, 9.17) is 0 Å². The quantitative estimate of drug-likeness (QED) is 0.855. The minimum absolute atomic E-state index is 0.0448. The molecule has 2 aliphatic carbocycles. The van der Waals surface area contributed by atoms with Gasteiger partial charge in [-0.2, -0.15) is 0 Å². The van der Waals surface area contributed by atoms with Gasteiger partial charge in [0.25, 0.3) is 0 Å². The van der Waals surface area contributed by atoms with Crippen molar-refractivity contribution in [3.05, 3.63) is 41.7 Å². The minimum atomic E-state index is -0.509. The van der Waals surface area contributed by atoms with Crippen LogP contribution in [0.2, 0.25) is 0 Å². The molecular formula is C20H24NO3-. The Morgan fingerprint density at radius 2 is 1.79 bits per heavy atom. The van der Waals surface area contributed by atoms with Gasteiger partial charge < -0.3 is 10.0 Å². The predicted molar refractivity (Wildman–Crippen MR) is 91.2 cm³/mol. The van der Waals surface area contributed by atoms with Crippen molar-refractivity contribution < 1.29 is 14.7 Å². The van der Waals surface area contributed by atoms with E-state index in [2.05, 4.69) is 0 Å². The van der Waals surface area contributed by atoms with Crippen LogP contribution in [0.15, 0.2) is 41.7 Å². The van der Waals surface area contributed by atoms with E-state index in [0.717, 1.165) is 18.5 Å². The van der Waals surface area contributed by atoms with Gasteiger partial charge >= 0.3 is 0 Å². The zero-order chi connectivity index (χ0) is 17.5. The molecule has 0 bridgehead atoms. The summed E-state index contributed by atoms with van der Waals surface area (Å²) in [4.78, 5) is 26.8. The summed E-state index contributed by atoms with van der Waals surface area (Å²) in [5, 5.41) is 12.5. The van der Waals surface area contributed by atoms with Crippen molar-refractivity contribution in [1.82, 2.24) is 0 Å². The Morgan fingerprint density at radius 3 is 2.33 bits per heavy atom. The average Bonchev–Trinajstić information content (AvgIpc) is 3.25. The molecule has 1 aromatic rings. The molecule has 3 rings (SSSR count). The van der Waals surface area contributed by atoms with Gasteiger partial charge in [-0.1, -0.05) is 32.0 Å². The van der Waals surface area contributed by atoms with Crippen LogP contribution in [0.25, 0.3) is 0 Å². The van der Waals surface area contributed by atoms with E-state index in [-0.39, 0.29) is 29.3 Å². The van der Waals surface area contributed by atoms with Crippen LogP contribution in [-0.4, -0.2) is 18.7 Å². The summed E-state index contributed by atoms with van der Waals surface area (Å²) in [5.74, 6) is -0.149. The Labute approximate surface area is 143 Å². The third kappa shape index (κ3) is 3.10. The highest BCUT2D eigenvalue weighted by Crippen LogP contribution is 2.58. The average molecular weight is 326 g/mol. The molecule has 4 nitrogen and oxygen atoms in total. The van der Waals surface area contributed by atoms with Gasteiger partial charge in [0.2, 0.25) is 5.91 Å². The van der Waals surface area contributed by atoms with Crippen LogP contribution < -0.4 is 10.0 Å². The predicted octanol–water partition coefficient (Wildman–Crippen LogP) is 2.82. The molecule has 1 amide bonds. The minimum Gasteiger partial charge on any atom is -0.875 e. The molecule has 1 saturated carbocycles. The molecule has 0 saturated heterocycles. The first-order valence-corrected chi connectivity index (χ1v) is 8.50. The van der Waals surface area contributed by atoms with E-state index in [1.807, 2.05) is 44.2 Å². The number of para-hydroxylation sites is 1. The van der Waals surface area contributed by atoms with Crippen LogP contribution in [0.5, 0.6) is 0 Å². The number of amides is 1. The second-order valence-corrected chi connectivity index (χ2v) is 7.98. The fourth-order valence-electron chi connectivity index (χ4n) is 3.73. The molecule has 128 valence electrons. The monoisotopic (exact) mass is 326 g/mol. The van der Waals surface area contributed by atoms with Crippen molar-refractivity contribution in [2.45, 2.75) is 46.0 Å². The number of allylic oxidation sites excluding steroid dienone is 2. The van der Waals surface area contributed by atoms with Gasteiger partial charge in [0.15, 0.2) is 5.78 Å². The van der Waals surface area contributed by atoms with Gasteiger partial charge in [0, 0.05) is 31.0 Å². The molecule has 0 aliphatic heterocycles. The molecule has 0 atom stereocenters. The lowest BCUT2D eigenvalue weighted by Crippen LogP contribution is -2.36. The van der Waals surface area contributed by atoms with Crippen molar-refractivity contribution >= 4 is 17.4 Å². The molecule has 0 spiro atoms. The first kappa shape index (κ1) is 16.7. The summed E-state index contributed by atoms with van der Waals surface area (Å²) in [6.07, 6.45) is 2.56. The standard InChI is InChI=1S/C20H25NO3/c1-19(2)11-15(22)18(16(23)12-19)20(9-10-20)13-17(24)21(3)14-7-5-4-6-8-14/h4-8,22H,9-13H2,1-3H3/p-1. The van der Waals surface area contributed by atoms with Gasteiger partial charge in [0.05, 0.1) is 0 Å². The molecule has 0 radical (unpaired) electrons. The highest BCUT2D eigenvalue weighted by Gasteiger charge is 2.51. The molecule has 2 aliphatic rings. The number of hydrogen-bond acceptors (Lipinski definition) is 3. The first-order chi connectivity index (χ1) is 11.2. The second-order valence-electron chi connectivity index (χ2n) is 7.98. The molecule has 0 heterocycles. The lowest BCUT2D eigenvalue weighted by atomic mass is 9.72. The van der Waals surface area contributed by atoms with Gasteiger partial charge in [-0.15, -0.1) is 5.76 Å². The van der Waals surface area contributed by atoms with Crippen molar-refractivity contribution in [2.75, 3.05) is 11.9 Å². The van der Waals surface area contributed by atoms with E-state index in [0.29, 0.717) is 18.4 Å².